The smallest absolute Gasteiger partial charge is 0.248 e. The Hall–Kier alpha value is -3.48. The lowest BCUT2D eigenvalue weighted by molar-refractivity contribution is -0.132. The summed E-state index contributed by atoms with van der Waals surface area (Å²) in [5, 5.41) is 0. The van der Waals surface area contributed by atoms with Gasteiger partial charge in [0.25, 0.3) is 0 Å². The number of oxazole rings is 1. The van der Waals surface area contributed by atoms with Gasteiger partial charge in [0.2, 0.25) is 11.8 Å². The van der Waals surface area contributed by atoms with Gasteiger partial charge in [-0.1, -0.05) is 12.1 Å². The molecule has 4 rings (SSSR count). The van der Waals surface area contributed by atoms with Gasteiger partial charge in [-0.15, -0.1) is 0 Å². The Kier molecular flexibility index (Phi) is 5.61. The molecule has 0 atom stereocenters. The van der Waals surface area contributed by atoms with E-state index in [1.54, 1.807) is 30.5 Å². The molecule has 2 N–H and O–H groups in total. The van der Waals surface area contributed by atoms with Gasteiger partial charge >= 0.3 is 0 Å². The lowest BCUT2D eigenvalue weighted by Crippen LogP contribution is -2.32. The summed E-state index contributed by atoms with van der Waals surface area (Å²) in [7, 11) is 0. The quantitative estimate of drug-likeness (QED) is 0.617. The maximum atomic E-state index is 13.1. The number of rotatable bonds is 8. The van der Waals surface area contributed by atoms with Crippen molar-refractivity contribution in [2.24, 2.45) is 5.73 Å². The molecule has 3 aromatic rings. The lowest BCUT2D eigenvalue weighted by Gasteiger charge is -2.22. The number of nitrogens with zero attached hydrogens (tertiary/aromatic N) is 2. The van der Waals surface area contributed by atoms with Crippen LogP contribution < -0.4 is 5.73 Å². The first-order valence-corrected chi connectivity index (χ1v) is 9.88. The number of carbonyl (C=O) groups excluding carboxylic acids is 2. The van der Waals surface area contributed by atoms with Crippen LogP contribution in [-0.2, 0) is 17.8 Å². The highest BCUT2D eigenvalue weighted by Crippen LogP contribution is 2.29. The molecule has 7 heteroatoms. The molecule has 1 aliphatic carbocycles. The Morgan fingerprint density at radius 3 is 2.43 bits per heavy atom. The fourth-order valence-electron chi connectivity index (χ4n) is 3.31. The van der Waals surface area contributed by atoms with E-state index in [-0.39, 0.29) is 17.8 Å². The Morgan fingerprint density at radius 2 is 1.80 bits per heavy atom. The van der Waals surface area contributed by atoms with Crippen molar-refractivity contribution in [2.75, 3.05) is 0 Å². The van der Waals surface area contributed by atoms with Crippen LogP contribution in [0.5, 0.6) is 0 Å². The molecular formula is C23H22FN3O3. The van der Waals surface area contributed by atoms with Crippen LogP contribution >= 0.6 is 0 Å². The van der Waals surface area contributed by atoms with Gasteiger partial charge in [-0.05, 0) is 54.8 Å². The fraction of sp³-hybridized carbons (Fsp3) is 0.261. The van der Waals surface area contributed by atoms with E-state index >= 15 is 0 Å². The predicted molar refractivity (Wildman–Crippen MR) is 109 cm³/mol. The molecule has 1 aliphatic rings. The van der Waals surface area contributed by atoms with Crippen molar-refractivity contribution in [1.29, 1.82) is 0 Å². The molecule has 6 nitrogen and oxygen atoms in total. The molecule has 0 unspecified atom stereocenters. The first kappa shape index (κ1) is 19.8. The number of carbonyl (C=O) groups is 2. The van der Waals surface area contributed by atoms with Gasteiger partial charge in [0.05, 0.1) is 6.20 Å². The Balaban J connectivity index is 1.37. The number of benzene rings is 2. The SMILES string of the molecule is NC(=O)c1ccc(CN(C(=O)CCc2ncc(-c3ccc(F)cc3)o2)C2CC2)cc1. The van der Waals surface area contributed by atoms with Gasteiger partial charge in [-0.2, -0.15) is 0 Å². The minimum absolute atomic E-state index is 0.0398. The summed E-state index contributed by atoms with van der Waals surface area (Å²) < 4.78 is 18.8. The first-order valence-electron chi connectivity index (χ1n) is 9.88. The third-order valence-corrected chi connectivity index (χ3v) is 5.13. The molecule has 1 aromatic heterocycles. The molecule has 0 spiro atoms. The monoisotopic (exact) mass is 407 g/mol. The normalized spacial score (nSPS) is 13.2. The van der Waals surface area contributed by atoms with Gasteiger partial charge in [-0.3, -0.25) is 9.59 Å². The van der Waals surface area contributed by atoms with Crippen molar-refractivity contribution in [3.05, 3.63) is 77.6 Å². The van der Waals surface area contributed by atoms with E-state index in [0.717, 1.165) is 24.0 Å². The second kappa shape index (κ2) is 8.49. The zero-order valence-corrected chi connectivity index (χ0v) is 16.4. The van der Waals surface area contributed by atoms with Crippen molar-refractivity contribution in [2.45, 2.75) is 38.3 Å². The first-order chi connectivity index (χ1) is 14.5. The maximum absolute atomic E-state index is 13.1. The van der Waals surface area contributed by atoms with E-state index in [1.165, 1.54) is 12.1 Å². The molecule has 0 bridgehead atoms. The van der Waals surface area contributed by atoms with E-state index in [2.05, 4.69) is 4.98 Å². The number of primary amides is 1. The number of aryl methyl sites for hydroxylation is 1. The topological polar surface area (TPSA) is 89.4 Å². The number of amides is 2. The van der Waals surface area contributed by atoms with Crippen LogP contribution in [0.25, 0.3) is 11.3 Å². The molecule has 2 aromatic carbocycles. The van der Waals surface area contributed by atoms with Crippen molar-refractivity contribution in [3.8, 4) is 11.3 Å². The summed E-state index contributed by atoms with van der Waals surface area (Å²) in [6, 6.07) is 13.3. The van der Waals surface area contributed by atoms with Gasteiger partial charge in [0.15, 0.2) is 11.7 Å². The number of hydrogen-bond acceptors (Lipinski definition) is 4. The van der Waals surface area contributed by atoms with Crippen LogP contribution in [0.3, 0.4) is 0 Å². The minimum Gasteiger partial charge on any atom is -0.441 e. The second-order valence-electron chi connectivity index (χ2n) is 7.44. The second-order valence-corrected chi connectivity index (χ2v) is 7.44. The molecule has 30 heavy (non-hydrogen) atoms. The number of hydrogen-bond donors (Lipinski definition) is 1. The average Bonchev–Trinajstić information content (AvgIpc) is 3.48. The lowest BCUT2D eigenvalue weighted by atomic mass is 10.1. The molecular weight excluding hydrogens is 385 g/mol. The highest BCUT2D eigenvalue weighted by molar-refractivity contribution is 5.92. The van der Waals surface area contributed by atoms with Crippen LogP contribution in [-0.4, -0.2) is 27.7 Å². The molecule has 0 aliphatic heterocycles. The van der Waals surface area contributed by atoms with Crippen LogP contribution in [0.1, 0.15) is 41.1 Å². The Labute approximate surface area is 173 Å². The molecule has 2 amide bonds. The van der Waals surface area contributed by atoms with E-state index in [9.17, 15) is 14.0 Å². The molecule has 0 saturated heterocycles. The third-order valence-electron chi connectivity index (χ3n) is 5.13. The zero-order chi connectivity index (χ0) is 21.1. The number of aromatic nitrogens is 1. The number of nitrogens with two attached hydrogens (primary N) is 1. The van der Waals surface area contributed by atoms with Crippen LogP contribution in [0.4, 0.5) is 4.39 Å². The molecule has 1 heterocycles. The van der Waals surface area contributed by atoms with E-state index < -0.39 is 5.91 Å². The van der Waals surface area contributed by atoms with Crippen LogP contribution in [0, 0.1) is 5.82 Å². The predicted octanol–water partition coefficient (Wildman–Crippen LogP) is 3.70. The molecule has 154 valence electrons. The fourth-order valence-corrected chi connectivity index (χ4v) is 3.31. The average molecular weight is 407 g/mol. The highest BCUT2D eigenvalue weighted by Gasteiger charge is 2.32. The largest absolute Gasteiger partial charge is 0.441 e. The van der Waals surface area contributed by atoms with Gasteiger partial charge in [0, 0.05) is 36.6 Å². The van der Waals surface area contributed by atoms with Crippen molar-refractivity contribution < 1.29 is 18.4 Å². The van der Waals surface area contributed by atoms with E-state index in [4.69, 9.17) is 10.2 Å². The summed E-state index contributed by atoms with van der Waals surface area (Å²) in [6.45, 7) is 0.495. The van der Waals surface area contributed by atoms with Crippen molar-refractivity contribution in [3.63, 3.8) is 0 Å². The summed E-state index contributed by atoms with van der Waals surface area (Å²) in [6.07, 6.45) is 4.27. The van der Waals surface area contributed by atoms with Gasteiger partial charge in [-0.25, -0.2) is 9.37 Å². The zero-order valence-electron chi connectivity index (χ0n) is 16.4. The molecule has 0 radical (unpaired) electrons. The molecule has 1 saturated carbocycles. The standard InChI is InChI=1S/C23H22FN3O3/c24-18-7-5-16(6-8-18)20-13-26-21(30-20)11-12-22(28)27(19-9-10-19)14-15-1-3-17(4-2-15)23(25)29/h1-8,13,19H,9-12,14H2,(H2,25,29). The van der Waals surface area contributed by atoms with Crippen molar-refractivity contribution >= 4 is 11.8 Å². The minimum atomic E-state index is -0.470. The van der Waals surface area contributed by atoms with Gasteiger partial charge in [0.1, 0.15) is 5.82 Å². The maximum Gasteiger partial charge on any atom is 0.248 e. The van der Waals surface area contributed by atoms with Crippen LogP contribution in [0.15, 0.2) is 59.1 Å². The Morgan fingerprint density at radius 1 is 1.10 bits per heavy atom. The van der Waals surface area contributed by atoms with E-state index in [0.29, 0.717) is 36.6 Å². The summed E-state index contributed by atoms with van der Waals surface area (Å²) in [5.74, 6) is 0.282. The van der Waals surface area contributed by atoms with Crippen molar-refractivity contribution in [1.82, 2.24) is 9.88 Å². The number of halogens is 1. The van der Waals surface area contributed by atoms with Crippen LogP contribution in [0.2, 0.25) is 0 Å². The third kappa shape index (κ3) is 4.74. The highest BCUT2D eigenvalue weighted by atomic mass is 19.1. The molecule has 1 fully saturated rings. The van der Waals surface area contributed by atoms with Gasteiger partial charge < -0.3 is 15.1 Å². The summed E-state index contributed by atoms with van der Waals surface area (Å²) in [4.78, 5) is 30.2. The summed E-state index contributed by atoms with van der Waals surface area (Å²) in [5.41, 5.74) is 7.42. The van der Waals surface area contributed by atoms with E-state index in [1.807, 2.05) is 17.0 Å². The summed E-state index contributed by atoms with van der Waals surface area (Å²) >= 11 is 0. The Bertz CT molecular complexity index is 1040.